The number of likely N-dealkylation sites (tertiary alicyclic amines) is 1. The van der Waals surface area contributed by atoms with Gasteiger partial charge in [0.05, 0.1) is 19.9 Å². The molecule has 1 aromatic carbocycles. The van der Waals surface area contributed by atoms with Gasteiger partial charge >= 0.3 is 0 Å². The Morgan fingerprint density at radius 2 is 2.08 bits per heavy atom. The molecule has 1 aliphatic rings. The molecule has 142 valence electrons. The topological polar surface area (TPSA) is 51.0 Å². The van der Waals surface area contributed by atoms with E-state index in [1.165, 1.54) is 18.4 Å². The molecular formula is C20H29N3O3. The number of piperidine rings is 1. The maximum Gasteiger partial charge on any atom is 0.160 e. The van der Waals surface area contributed by atoms with E-state index in [1.807, 2.05) is 12.1 Å². The van der Waals surface area contributed by atoms with Gasteiger partial charge in [0.1, 0.15) is 6.26 Å². The highest BCUT2D eigenvalue weighted by molar-refractivity contribution is 5.42. The first-order valence-corrected chi connectivity index (χ1v) is 9.22. The van der Waals surface area contributed by atoms with Gasteiger partial charge in [-0.3, -0.25) is 4.90 Å². The van der Waals surface area contributed by atoms with Crippen molar-refractivity contribution in [2.45, 2.75) is 31.8 Å². The summed E-state index contributed by atoms with van der Waals surface area (Å²) < 4.78 is 15.7. The summed E-state index contributed by atoms with van der Waals surface area (Å²) >= 11 is 0. The highest BCUT2D eigenvalue weighted by Crippen LogP contribution is 2.28. The number of ether oxygens (including phenoxy) is 2. The molecule has 1 fully saturated rings. The van der Waals surface area contributed by atoms with Crippen molar-refractivity contribution < 1.29 is 14.0 Å². The Bertz CT molecular complexity index is 675. The van der Waals surface area contributed by atoms with E-state index >= 15 is 0 Å². The number of likely N-dealkylation sites (N-methyl/N-ethyl adjacent to an activating group) is 1. The van der Waals surface area contributed by atoms with E-state index in [1.54, 1.807) is 20.5 Å². The molecule has 2 aromatic rings. The van der Waals surface area contributed by atoms with Gasteiger partial charge in [0.25, 0.3) is 0 Å². The summed E-state index contributed by atoms with van der Waals surface area (Å²) in [6.45, 7) is 4.11. The SMILES string of the molecule is COc1ccc(CCN(C)[C@@H]2CCCN(Cc3ccon3)C2)cc1OC. The monoisotopic (exact) mass is 359 g/mol. The average Bonchev–Trinajstić information content (AvgIpc) is 3.19. The highest BCUT2D eigenvalue weighted by Gasteiger charge is 2.23. The number of hydrogen-bond donors (Lipinski definition) is 0. The molecule has 1 saturated heterocycles. The lowest BCUT2D eigenvalue weighted by Gasteiger charge is -2.37. The first kappa shape index (κ1) is 18.7. The molecule has 26 heavy (non-hydrogen) atoms. The average molecular weight is 359 g/mol. The van der Waals surface area contributed by atoms with Gasteiger partial charge in [-0.1, -0.05) is 11.2 Å². The van der Waals surface area contributed by atoms with Crippen molar-refractivity contribution in [1.29, 1.82) is 0 Å². The maximum absolute atomic E-state index is 5.41. The second kappa shape index (κ2) is 9.05. The number of hydrogen-bond acceptors (Lipinski definition) is 6. The fourth-order valence-electron chi connectivity index (χ4n) is 3.61. The Labute approximate surface area is 155 Å². The molecule has 0 spiro atoms. The summed E-state index contributed by atoms with van der Waals surface area (Å²) in [4.78, 5) is 4.95. The van der Waals surface area contributed by atoms with Crippen molar-refractivity contribution in [2.75, 3.05) is 40.9 Å². The summed E-state index contributed by atoms with van der Waals surface area (Å²) in [6.07, 6.45) is 5.11. The molecule has 6 heteroatoms. The number of benzene rings is 1. The molecule has 3 rings (SSSR count). The van der Waals surface area contributed by atoms with Crippen LogP contribution in [0.15, 0.2) is 35.1 Å². The van der Waals surface area contributed by atoms with Crippen LogP contribution in [-0.2, 0) is 13.0 Å². The van der Waals surface area contributed by atoms with Gasteiger partial charge in [-0.25, -0.2) is 0 Å². The van der Waals surface area contributed by atoms with Crippen LogP contribution in [0.4, 0.5) is 0 Å². The van der Waals surface area contributed by atoms with E-state index in [0.29, 0.717) is 6.04 Å². The van der Waals surface area contributed by atoms with Crippen LogP contribution in [0.25, 0.3) is 0 Å². The van der Waals surface area contributed by atoms with Crippen LogP contribution >= 0.6 is 0 Å². The van der Waals surface area contributed by atoms with Crippen LogP contribution in [0.3, 0.4) is 0 Å². The molecule has 1 aliphatic heterocycles. The zero-order chi connectivity index (χ0) is 18.4. The Morgan fingerprint density at radius 3 is 2.81 bits per heavy atom. The van der Waals surface area contributed by atoms with Gasteiger partial charge in [-0.05, 0) is 50.6 Å². The largest absolute Gasteiger partial charge is 0.493 e. The van der Waals surface area contributed by atoms with Crippen LogP contribution in [0.5, 0.6) is 11.5 Å². The number of rotatable bonds is 8. The van der Waals surface area contributed by atoms with Gasteiger partial charge < -0.3 is 18.9 Å². The maximum atomic E-state index is 5.41. The minimum absolute atomic E-state index is 0.579. The van der Waals surface area contributed by atoms with Crippen molar-refractivity contribution >= 4 is 0 Å². The molecule has 0 N–H and O–H groups in total. The fraction of sp³-hybridized carbons (Fsp3) is 0.550. The van der Waals surface area contributed by atoms with Crippen molar-refractivity contribution in [3.63, 3.8) is 0 Å². The van der Waals surface area contributed by atoms with Crippen LogP contribution in [-0.4, -0.2) is 61.9 Å². The van der Waals surface area contributed by atoms with Crippen molar-refractivity contribution in [3.8, 4) is 11.5 Å². The molecule has 2 heterocycles. The van der Waals surface area contributed by atoms with Crippen LogP contribution < -0.4 is 9.47 Å². The molecule has 1 aromatic heterocycles. The molecule has 0 amide bonds. The number of aromatic nitrogens is 1. The van der Waals surface area contributed by atoms with E-state index in [2.05, 4.69) is 34.1 Å². The van der Waals surface area contributed by atoms with E-state index in [0.717, 1.165) is 49.8 Å². The molecule has 0 bridgehead atoms. The minimum Gasteiger partial charge on any atom is -0.493 e. The lowest BCUT2D eigenvalue weighted by Crippen LogP contribution is -2.46. The molecule has 0 unspecified atom stereocenters. The van der Waals surface area contributed by atoms with Gasteiger partial charge in [-0.15, -0.1) is 0 Å². The van der Waals surface area contributed by atoms with Gasteiger partial charge in [0, 0.05) is 31.7 Å². The van der Waals surface area contributed by atoms with Crippen molar-refractivity contribution in [1.82, 2.24) is 15.0 Å². The third-order valence-electron chi connectivity index (χ3n) is 5.18. The van der Waals surface area contributed by atoms with Crippen LogP contribution in [0, 0.1) is 0 Å². The third kappa shape index (κ3) is 4.77. The second-order valence-corrected chi connectivity index (χ2v) is 6.94. The summed E-state index contributed by atoms with van der Waals surface area (Å²) in [6, 6.07) is 8.70. The standard InChI is InChI=1S/C20H29N3O3/c1-22(11-8-16-6-7-19(24-2)20(13-16)25-3)18-5-4-10-23(15-18)14-17-9-12-26-21-17/h6-7,9,12-13,18H,4-5,8,10-11,14-15H2,1-3H3/t18-/m1/s1. The van der Waals surface area contributed by atoms with Crippen molar-refractivity contribution in [2.24, 2.45) is 0 Å². The van der Waals surface area contributed by atoms with E-state index in [4.69, 9.17) is 14.0 Å². The number of nitrogens with zero attached hydrogens (tertiary/aromatic N) is 3. The number of methoxy groups -OCH3 is 2. The quantitative estimate of drug-likeness (QED) is 0.722. The Kier molecular flexibility index (Phi) is 6.52. The predicted molar refractivity (Wildman–Crippen MR) is 101 cm³/mol. The summed E-state index contributed by atoms with van der Waals surface area (Å²) in [7, 11) is 5.57. The van der Waals surface area contributed by atoms with Crippen LogP contribution in [0.2, 0.25) is 0 Å². The smallest absolute Gasteiger partial charge is 0.160 e. The molecular weight excluding hydrogens is 330 g/mol. The van der Waals surface area contributed by atoms with E-state index in [-0.39, 0.29) is 0 Å². The minimum atomic E-state index is 0.579. The summed E-state index contributed by atoms with van der Waals surface area (Å²) in [5, 5.41) is 4.03. The van der Waals surface area contributed by atoms with Gasteiger partial charge in [0.15, 0.2) is 11.5 Å². The Balaban J connectivity index is 1.52. The second-order valence-electron chi connectivity index (χ2n) is 6.94. The summed E-state index contributed by atoms with van der Waals surface area (Å²) in [5.41, 5.74) is 2.28. The Hall–Kier alpha value is -2.05. The first-order chi connectivity index (χ1) is 12.7. The third-order valence-corrected chi connectivity index (χ3v) is 5.18. The first-order valence-electron chi connectivity index (χ1n) is 9.22. The Morgan fingerprint density at radius 1 is 1.23 bits per heavy atom. The van der Waals surface area contributed by atoms with Crippen molar-refractivity contribution in [3.05, 3.63) is 41.8 Å². The lowest BCUT2D eigenvalue weighted by atomic mass is 10.0. The molecule has 6 nitrogen and oxygen atoms in total. The lowest BCUT2D eigenvalue weighted by molar-refractivity contribution is 0.110. The zero-order valence-electron chi connectivity index (χ0n) is 16.0. The van der Waals surface area contributed by atoms with Gasteiger partial charge in [-0.2, -0.15) is 0 Å². The van der Waals surface area contributed by atoms with Crippen LogP contribution in [0.1, 0.15) is 24.1 Å². The fourth-order valence-corrected chi connectivity index (χ4v) is 3.61. The van der Waals surface area contributed by atoms with E-state index < -0.39 is 0 Å². The normalized spacial score (nSPS) is 18.2. The molecule has 0 saturated carbocycles. The predicted octanol–water partition coefficient (Wildman–Crippen LogP) is 2.83. The molecule has 0 aliphatic carbocycles. The molecule has 0 radical (unpaired) electrons. The highest BCUT2D eigenvalue weighted by atomic mass is 16.5. The molecule has 1 atom stereocenters. The van der Waals surface area contributed by atoms with E-state index in [9.17, 15) is 0 Å². The van der Waals surface area contributed by atoms with Gasteiger partial charge in [0.2, 0.25) is 0 Å². The zero-order valence-corrected chi connectivity index (χ0v) is 16.0. The summed E-state index contributed by atoms with van der Waals surface area (Å²) in [5.74, 6) is 1.57.